The van der Waals surface area contributed by atoms with E-state index < -0.39 is 0 Å². The first kappa shape index (κ1) is 18.0. The highest BCUT2D eigenvalue weighted by atomic mass is 16.5. The molecule has 0 saturated heterocycles. The number of ether oxygens (including phenoxy) is 1. The second-order valence-electron chi connectivity index (χ2n) is 6.37. The minimum absolute atomic E-state index is 0.0184. The molecule has 2 amide bonds. The number of benzene rings is 2. The summed E-state index contributed by atoms with van der Waals surface area (Å²) in [7, 11) is 0. The maximum Gasteiger partial charge on any atom is 0.265 e. The number of fused-ring (bicyclic) bond motifs is 1. The number of para-hydroxylation sites is 2. The Kier molecular flexibility index (Phi) is 5.89. The van der Waals surface area contributed by atoms with Gasteiger partial charge in [0.05, 0.1) is 5.69 Å². The molecule has 1 atom stereocenters. The van der Waals surface area contributed by atoms with Crippen molar-refractivity contribution >= 4 is 17.5 Å². The van der Waals surface area contributed by atoms with Crippen LogP contribution in [-0.4, -0.2) is 31.5 Å². The van der Waals surface area contributed by atoms with Crippen LogP contribution in [0.1, 0.15) is 31.2 Å². The van der Waals surface area contributed by atoms with E-state index in [2.05, 4.69) is 24.4 Å². The molecule has 0 unspecified atom stereocenters. The van der Waals surface area contributed by atoms with Crippen molar-refractivity contribution in [2.45, 2.75) is 25.7 Å². The number of carbonyl (C=O) groups is 2. The largest absolute Gasteiger partial charge is 0.482 e. The molecule has 5 nitrogen and oxygen atoms in total. The van der Waals surface area contributed by atoms with Gasteiger partial charge in [-0.25, -0.2) is 0 Å². The molecule has 1 aliphatic rings. The zero-order chi connectivity index (χ0) is 18.4. The summed E-state index contributed by atoms with van der Waals surface area (Å²) in [5.41, 5.74) is 1.96. The van der Waals surface area contributed by atoms with Crippen LogP contribution in [0.25, 0.3) is 0 Å². The van der Waals surface area contributed by atoms with Gasteiger partial charge in [-0.2, -0.15) is 0 Å². The third-order valence-electron chi connectivity index (χ3n) is 4.68. The molecule has 0 radical (unpaired) electrons. The lowest BCUT2D eigenvalue weighted by atomic mass is 9.96. The van der Waals surface area contributed by atoms with E-state index in [0.717, 1.165) is 12.1 Å². The molecule has 0 bridgehead atoms. The van der Waals surface area contributed by atoms with E-state index in [-0.39, 0.29) is 24.8 Å². The molecule has 2 aromatic carbocycles. The number of carbonyl (C=O) groups excluding carboxylic acids is 2. The average Bonchev–Trinajstić information content (AvgIpc) is 2.68. The standard InChI is InChI=1S/C21H24N2O3/c1-2-16(17-8-4-3-5-9-17)14-22-20(24)12-13-23-18-10-6-7-11-19(18)26-15-21(23)25/h3-11,16H,2,12-15H2,1H3,(H,22,24)/t16-/m0/s1. The van der Waals surface area contributed by atoms with E-state index in [0.29, 0.717) is 24.8 Å². The van der Waals surface area contributed by atoms with E-state index in [1.54, 1.807) is 4.90 Å². The lowest BCUT2D eigenvalue weighted by Crippen LogP contribution is -2.41. The molecule has 0 spiro atoms. The Hall–Kier alpha value is -2.82. The number of hydrogen-bond donors (Lipinski definition) is 1. The minimum atomic E-state index is -0.118. The molecule has 0 aliphatic carbocycles. The highest BCUT2D eigenvalue weighted by Crippen LogP contribution is 2.31. The van der Waals surface area contributed by atoms with E-state index >= 15 is 0 Å². The Morgan fingerprint density at radius 2 is 1.88 bits per heavy atom. The maximum atomic E-state index is 12.3. The van der Waals surface area contributed by atoms with Crippen molar-refractivity contribution in [2.75, 3.05) is 24.6 Å². The molecule has 0 fully saturated rings. The smallest absolute Gasteiger partial charge is 0.265 e. The second kappa shape index (κ2) is 8.52. The number of anilines is 1. The third-order valence-corrected chi connectivity index (χ3v) is 4.68. The number of rotatable bonds is 7. The Labute approximate surface area is 154 Å². The normalized spacial score (nSPS) is 14.3. The second-order valence-corrected chi connectivity index (χ2v) is 6.37. The van der Waals surface area contributed by atoms with Crippen LogP contribution in [0.4, 0.5) is 5.69 Å². The fourth-order valence-corrected chi connectivity index (χ4v) is 3.16. The molecule has 2 aromatic rings. The zero-order valence-corrected chi connectivity index (χ0v) is 15.0. The quantitative estimate of drug-likeness (QED) is 0.833. The average molecular weight is 352 g/mol. The van der Waals surface area contributed by atoms with E-state index in [1.165, 1.54) is 5.56 Å². The zero-order valence-electron chi connectivity index (χ0n) is 15.0. The van der Waals surface area contributed by atoms with Gasteiger partial charge in [0, 0.05) is 25.4 Å². The molecular formula is C21H24N2O3. The summed E-state index contributed by atoms with van der Waals surface area (Å²) in [6.45, 7) is 3.10. The van der Waals surface area contributed by atoms with Crippen LogP contribution in [0.2, 0.25) is 0 Å². The molecule has 3 rings (SSSR count). The summed E-state index contributed by atoms with van der Waals surface area (Å²) in [6.07, 6.45) is 1.23. The fourth-order valence-electron chi connectivity index (χ4n) is 3.16. The van der Waals surface area contributed by atoms with Crippen LogP contribution < -0.4 is 15.0 Å². The first-order valence-electron chi connectivity index (χ1n) is 9.03. The van der Waals surface area contributed by atoms with Crippen molar-refractivity contribution in [3.05, 3.63) is 60.2 Å². The van der Waals surface area contributed by atoms with Gasteiger partial charge in [0.1, 0.15) is 5.75 Å². The van der Waals surface area contributed by atoms with Gasteiger partial charge in [0.2, 0.25) is 5.91 Å². The molecule has 0 saturated carbocycles. The predicted octanol–water partition coefficient (Wildman–Crippen LogP) is 3.11. The monoisotopic (exact) mass is 352 g/mol. The lowest BCUT2D eigenvalue weighted by molar-refractivity contribution is -0.122. The Morgan fingerprint density at radius 1 is 1.15 bits per heavy atom. The van der Waals surface area contributed by atoms with Crippen molar-refractivity contribution in [2.24, 2.45) is 0 Å². The Bertz CT molecular complexity index is 761. The lowest BCUT2D eigenvalue weighted by Gasteiger charge is -2.29. The van der Waals surface area contributed by atoms with Crippen molar-refractivity contribution in [3.63, 3.8) is 0 Å². The molecule has 0 aromatic heterocycles. The first-order valence-corrected chi connectivity index (χ1v) is 9.03. The summed E-state index contributed by atoms with van der Waals surface area (Å²) >= 11 is 0. The topological polar surface area (TPSA) is 58.6 Å². The molecular weight excluding hydrogens is 328 g/mol. The number of amides is 2. The highest BCUT2D eigenvalue weighted by Gasteiger charge is 2.25. The van der Waals surface area contributed by atoms with Gasteiger partial charge in [0.25, 0.3) is 5.91 Å². The van der Waals surface area contributed by atoms with Crippen LogP contribution in [0.3, 0.4) is 0 Å². The van der Waals surface area contributed by atoms with Gasteiger partial charge >= 0.3 is 0 Å². The Morgan fingerprint density at radius 3 is 2.65 bits per heavy atom. The van der Waals surface area contributed by atoms with E-state index in [1.807, 2.05) is 42.5 Å². The van der Waals surface area contributed by atoms with Crippen LogP contribution in [-0.2, 0) is 9.59 Å². The van der Waals surface area contributed by atoms with Crippen molar-refractivity contribution in [1.29, 1.82) is 0 Å². The molecule has 1 heterocycles. The molecule has 136 valence electrons. The van der Waals surface area contributed by atoms with Gasteiger partial charge in [-0.05, 0) is 24.1 Å². The fraction of sp³-hybridized carbons (Fsp3) is 0.333. The summed E-state index contributed by atoms with van der Waals surface area (Å²) in [5, 5.41) is 3.00. The summed E-state index contributed by atoms with van der Waals surface area (Å²) in [5.74, 6) is 0.817. The van der Waals surface area contributed by atoms with Crippen molar-refractivity contribution in [1.82, 2.24) is 5.32 Å². The van der Waals surface area contributed by atoms with Gasteiger partial charge in [-0.3, -0.25) is 9.59 Å². The summed E-state index contributed by atoms with van der Waals surface area (Å²) < 4.78 is 5.42. The third kappa shape index (κ3) is 4.23. The summed E-state index contributed by atoms with van der Waals surface area (Å²) in [4.78, 5) is 26.0. The minimum Gasteiger partial charge on any atom is -0.482 e. The van der Waals surface area contributed by atoms with Crippen LogP contribution in [0.15, 0.2) is 54.6 Å². The maximum absolute atomic E-state index is 12.3. The number of hydrogen-bond acceptors (Lipinski definition) is 3. The van der Waals surface area contributed by atoms with Crippen molar-refractivity contribution in [3.8, 4) is 5.75 Å². The molecule has 1 aliphatic heterocycles. The number of nitrogens with zero attached hydrogens (tertiary/aromatic N) is 1. The van der Waals surface area contributed by atoms with Gasteiger partial charge in [-0.15, -0.1) is 0 Å². The van der Waals surface area contributed by atoms with Crippen molar-refractivity contribution < 1.29 is 14.3 Å². The van der Waals surface area contributed by atoms with Crippen LogP contribution in [0.5, 0.6) is 5.75 Å². The van der Waals surface area contributed by atoms with Gasteiger partial charge in [0.15, 0.2) is 6.61 Å². The predicted molar refractivity (Wildman–Crippen MR) is 101 cm³/mol. The van der Waals surface area contributed by atoms with Gasteiger partial charge in [-0.1, -0.05) is 49.4 Å². The highest BCUT2D eigenvalue weighted by molar-refractivity contribution is 5.98. The van der Waals surface area contributed by atoms with Gasteiger partial charge < -0.3 is 15.0 Å². The van der Waals surface area contributed by atoms with E-state index in [9.17, 15) is 9.59 Å². The Balaban J connectivity index is 1.54. The number of nitrogens with one attached hydrogen (secondary N) is 1. The van der Waals surface area contributed by atoms with Crippen LogP contribution in [0, 0.1) is 0 Å². The molecule has 1 N–H and O–H groups in total. The van der Waals surface area contributed by atoms with Crippen LogP contribution >= 0.6 is 0 Å². The SMILES string of the molecule is CC[C@@H](CNC(=O)CCN1C(=O)COc2ccccc21)c1ccccc1. The van der Waals surface area contributed by atoms with E-state index in [4.69, 9.17) is 4.74 Å². The molecule has 26 heavy (non-hydrogen) atoms. The molecule has 5 heteroatoms. The first-order chi connectivity index (χ1) is 12.7. The summed E-state index contributed by atoms with van der Waals surface area (Å²) in [6, 6.07) is 17.6.